The molecule has 35 heavy (non-hydrogen) atoms. The number of rotatable bonds is 7. The van der Waals surface area contributed by atoms with Crippen LogP contribution in [-0.4, -0.2) is 54.6 Å². The molecule has 2 aromatic carbocycles. The van der Waals surface area contributed by atoms with Crippen LogP contribution in [0.25, 0.3) is 0 Å². The first-order chi connectivity index (χ1) is 16.2. The Morgan fingerprint density at radius 3 is 1.14 bits per heavy atom. The second-order valence-corrected chi connectivity index (χ2v) is 11.2. The lowest BCUT2D eigenvalue weighted by atomic mass is 9.79. The fourth-order valence-corrected chi connectivity index (χ4v) is 3.77. The smallest absolute Gasteiger partial charge is 0.452 e. The number of hydrogen-bond acceptors (Lipinski definition) is 7. The van der Waals surface area contributed by atoms with Gasteiger partial charge in [0.05, 0.1) is 22.4 Å². The molecule has 9 heteroatoms. The molecule has 2 fully saturated rings. The van der Waals surface area contributed by atoms with E-state index in [4.69, 9.17) is 28.1 Å². The Labute approximate surface area is 209 Å². The molecule has 188 valence electrons. The quantitative estimate of drug-likeness (QED) is 0.481. The van der Waals surface area contributed by atoms with Crippen LogP contribution in [0.2, 0.25) is 0 Å². The van der Waals surface area contributed by atoms with Crippen LogP contribution in [-0.2, 0) is 18.6 Å². The van der Waals surface area contributed by atoms with Gasteiger partial charge in [0.15, 0.2) is 0 Å². The summed E-state index contributed by atoms with van der Waals surface area (Å²) in [6.07, 6.45) is -0.861. The third kappa shape index (κ3) is 5.25. The summed E-state index contributed by atoms with van der Waals surface area (Å²) in [4.78, 5) is 0. The summed E-state index contributed by atoms with van der Waals surface area (Å²) in [5.41, 5.74) is 0.189. The van der Waals surface area contributed by atoms with Crippen molar-refractivity contribution in [3.63, 3.8) is 0 Å². The third-order valence-electron chi connectivity index (χ3n) is 7.50. The molecule has 2 aliphatic rings. The van der Waals surface area contributed by atoms with Crippen LogP contribution in [0.15, 0.2) is 48.5 Å². The summed E-state index contributed by atoms with van der Waals surface area (Å²) >= 11 is 0. The lowest BCUT2D eigenvalue weighted by molar-refractivity contribution is -0.0350. The van der Waals surface area contributed by atoms with E-state index in [0.717, 1.165) is 10.9 Å². The summed E-state index contributed by atoms with van der Waals surface area (Å²) in [5, 5.41) is 9.80. The predicted molar refractivity (Wildman–Crippen MR) is 136 cm³/mol. The molecule has 7 nitrogen and oxygen atoms in total. The summed E-state index contributed by atoms with van der Waals surface area (Å²) < 4.78 is 36.1. The van der Waals surface area contributed by atoms with Crippen molar-refractivity contribution in [2.24, 2.45) is 0 Å². The molecular weight excluding hydrogens is 446 g/mol. The average molecular weight is 482 g/mol. The normalized spacial score (nSPS) is 22.0. The van der Waals surface area contributed by atoms with Crippen molar-refractivity contribution in [1.29, 1.82) is 0 Å². The molecule has 0 unspecified atom stereocenters. The maximum atomic E-state index is 9.80. The number of benzene rings is 2. The zero-order valence-corrected chi connectivity index (χ0v) is 22.0. The number of hydrogen-bond donors (Lipinski definition) is 1. The van der Waals surface area contributed by atoms with Crippen molar-refractivity contribution in [2.45, 2.75) is 84.1 Å². The number of aliphatic hydroxyl groups excluding tert-OH is 1. The largest absolute Gasteiger partial charge is 0.494 e. The van der Waals surface area contributed by atoms with Crippen LogP contribution in [0.3, 0.4) is 0 Å². The van der Waals surface area contributed by atoms with Gasteiger partial charge in [0, 0.05) is 0 Å². The van der Waals surface area contributed by atoms with E-state index in [-0.39, 0.29) is 6.61 Å². The zero-order chi connectivity index (χ0) is 25.6. The SMILES string of the molecule is CC1(C)OB(c2ccc(OC(CO)Oc3ccc(B4OC(C)(C)C(C)(C)O4)cc3)cc2)OC1(C)C. The van der Waals surface area contributed by atoms with Gasteiger partial charge in [-0.2, -0.15) is 0 Å². The topological polar surface area (TPSA) is 75.6 Å². The highest BCUT2D eigenvalue weighted by Crippen LogP contribution is 2.37. The lowest BCUT2D eigenvalue weighted by Gasteiger charge is -2.32. The van der Waals surface area contributed by atoms with E-state index in [0.29, 0.717) is 11.5 Å². The van der Waals surface area contributed by atoms with E-state index in [2.05, 4.69) is 0 Å². The van der Waals surface area contributed by atoms with Crippen LogP contribution < -0.4 is 20.4 Å². The third-order valence-corrected chi connectivity index (χ3v) is 7.50. The first-order valence-electron chi connectivity index (χ1n) is 12.1. The van der Waals surface area contributed by atoms with Crippen molar-refractivity contribution in [1.82, 2.24) is 0 Å². The van der Waals surface area contributed by atoms with Gasteiger partial charge < -0.3 is 33.2 Å². The molecule has 2 heterocycles. The molecule has 0 saturated carbocycles. The first-order valence-corrected chi connectivity index (χ1v) is 12.1. The van der Waals surface area contributed by atoms with Gasteiger partial charge in [0.25, 0.3) is 6.29 Å². The number of aliphatic hydroxyl groups is 1. The molecule has 2 saturated heterocycles. The Balaban J connectivity index is 1.36. The Hall–Kier alpha value is -2.03. The second-order valence-electron chi connectivity index (χ2n) is 11.2. The standard InChI is InChI=1S/C26H36B2O7/c1-23(2)24(3,4)33-27(32-23)18-9-13-20(14-10-18)30-22(17-29)31-21-15-11-19(12-16-21)28-34-25(5,6)26(7,8)35-28/h9-16,22,29H,17H2,1-8H3. The van der Waals surface area contributed by atoms with E-state index in [9.17, 15) is 5.11 Å². The van der Waals surface area contributed by atoms with Crippen LogP contribution >= 0.6 is 0 Å². The van der Waals surface area contributed by atoms with Gasteiger partial charge in [-0.3, -0.25) is 0 Å². The molecule has 0 aromatic heterocycles. The molecule has 2 aliphatic heterocycles. The average Bonchev–Trinajstić information content (AvgIpc) is 3.13. The maximum absolute atomic E-state index is 9.80. The lowest BCUT2D eigenvalue weighted by Crippen LogP contribution is -2.41. The first kappa shape index (κ1) is 26.0. The molecule has 2 aromatic rings. The van der Waals surface area contributed by atoms with Gasteiger partial charge in [-0.05, 0) is 90.6 Å². The van der Waals surface area contributed by atoms with Gasteiger partial charge in [-0.1, -0.05) is 24.3 Å². The molecule has 0 spiro atoms. The van der Waals surface area contributed by atoms with Gasteiger partial charge in [0.2, 0.25) is 0 Å². The van der Waals surface area contributed by atoms with E-state index < -0.39 is 42.9 Å². The molecule has 0 amide bonds. The summed E-state index contributed by atoms with van der Waals surface area (Å²) in [7, 11) is -0.886. The van der Waals surface area contributed by atoms with Crippen molar-refractivity contribution < 1.29 is 33.2 Å². The van der Waals surface area contributed by atoms with Crippen LogP contribution in [0.4, 0.5) is 0 Å². The Morgan fingerprint density at radius 2 is 0.886 bits per heavy atom. The van der Waals surface area contributed by atoms with Crippen molar-refractivity contribution in [3.8, 4) is 11.5 Å². The minimum absolute atomic E-state index is 0.308. The van der Waals surface area contributed by atoms with E-state index in [1.54, 1.807) is 0 Å². The highest BCUT2D eigenvalue weighted by molar-refractivity contribution is 6.62. The van der Waals surface area contributed by atoms with Crippen molar-refractivity contribution in [3.05, 3.63) is 48.5 Å². The fourth-order valence-electron chi connectivity index (χ4n) is 3.77. The second kappa shape index (κ2) is 9.12. The highest BCUT2D eigenvalue weighted by Gasteiger charge is 2.52. The van der Waals surface area contributed by atoms with E-state index >= 15 is 0 Å². The fraction of sp³-hybridized carbons (Fsp3) is 0.538. The van der Waals surface area contributed by atoms with E-state index in [1.165, 1.54) is 0 Å². The van der Waals surface area contributed by atoms with Crippen LogP contribution in [0.1, 0.15) is 55.4 Å². The van der Waals surface area contributed by atoms with Gasteiger partial charge in [0.1, 0.15) is 18.1 Å². The predicted octanol–water partition coefficient (Wildman–Crippen LogP) is 3.06. The minimum atomic E-state index is -0.861. The molecule has 0 bridgehead atoms. The van der Waals surface area contributed by atoms with E-state index in [1.807, 2.05) is 104 Å². The molecule has 0 radical (unpaired) electrons. The van der Waals surface area contributed by atoms with Crippen LogP contribution in [0, 0.1) is 0 Å². The van der Waals surface area contributed by atoms with Crippen molar-refractivity contribution in [2.75, 3.05) is 6.61 Å². The Bertz CT molecular complexity index is 906. The highest BCUT2D eigenvalue weighted by atomic mass is 16.7. The summed E-state index contributed by atoms with van der Waals surface area (Å²) in [5.74, 6) is 1.14. The molecular formula is C26H36B2O7. The van der Waals surface area contributed by atoms with Crippen molar-refractivity contribution >= 4 is 25.2 Å². The molecule has 1 N–H and O–H groups in total. The van der Waals surface area contributed by atoms with Gasteiger partial charge in [-0.15, -0.1) is 0 Å². The monoisotopic (exact) mass is 482 g/mol. The maximum Gasteiger partial charge on any atom is 0.494 e. The molecule has 0 atom stereocenters. The molecule has 4 rings (SSSR count). The Morgan fingerprint density at radius 1 is 0.600 bits per heavy atom. The van der Waals surface area contributed by atoms with Gasteiger partial charge in [-0.25, -0.2) is 0 Å². The summed E-state index contributed by atoms with van der Waals surface area (Å²) in [6, 6.07) is 14.8. The summed E-state index contributed by atoms with van der Waals surface area (Å²) in [6.45, 7) is 15.9. The molecule has 0 aliphatic carbocycles. The minimum Gasteiger partial charge on any atom is -0.452 e. The zero-order valence-electron chi connectivity index (χ0n) is 22.0. The van der Waals surface area contributed by atoms with Crippen LogP contribution in [0.5, 0.6) is 11.5 Å². The Kier molecular flexibility index (Phi) is 6.79. The number of ether oxygens (including phenoxy) is 2. The van der Waals surface area contributed by atoms with Gasteiger partial charge >= 0.3 is 14.2 Å².